The first kappa shape index (κ1) is 12.3. The van der Waals surface area contributed by atoms with Crippen LogP contribution in [0, 0.1) is 0 Å². The molecule has 1 unspecified atom stereocenters. The number of rotatable bonds is 4. The Bertz CT molecular complexity index is 342. The summed E-state index contributed by atoms with van der Waals surface area (Å²) in [6, 6.07) is 10.4. The number of nitrogens with two attached hydrogens (primary N) is 1. The van der Waals surface area contributed by atoms with Crippen LogP contribution < -0.4 is 11.1 Å². The Labute approximate surface area is 103 Å². The summed E-state index contributed by atoms with van der Waals surface area (Å²) in [5.74, 6) is 0. The van der Waals surface area contributed by atoms with Crippen LogP contribution >= 0.6 is 0 Å². The number of nitrogens with zero attached hydrogens (tertiary/aromatic N) is 1. The highest BCUT2D eigenvalue weighted by Crippen LogP contribution is 2.02. The van der Waals surface area contributed by atoms with Gasteiger partial charge < -0.3 is 11.1 Å². The smallest absolute Gasteiger partial charge is 0.0356 e. The van der Waals surface area contributed by atoms with Crippen molar-refractivity contribution in [3.63, 3.8) is 0 Å². The average Bonchev–Trinajstić information content (AvgIpc) is 2.39. The highest BCUT2D eigenvalue weighted by atomic mass is 15.2. The van der Waals surface area contributed by atoms with Crippen LogP contribution in [0.25, 0.3) is 6.08 Å². The zero-order valence-electron chi connectivity index (χ0n) is 10.2. The lowest BCUT2D eigenvalue weighted by Gasteiger charge is -2.28. The summed E-state index contributed by atoms with van der Waals surface area (Å²) in [5, 5.41) is 3.35. The van der Waals surface area contributed by atoms with E-state index in [9.17, 15) is 0 Å². The van der Waals surface area contributed by atoms with E-state index in [1.54, 1.807) is 0 Å². The topological polar surface area (TPSA) is 41.3 Å². The van der Waals surface area contributed by atoms with Crippen LogP contribution in [0.1, 0.15) is 5.56 Å². The van der Waals surface area contributed by atoms with Crippen LogP contribution in [0.3, 0.4) is 0 Å². The fraction of sp³-hybridized carbons (Fsp3) is 0.429. The molecule has 0 saturated carbocycles. The number of hydrogen-bond donors (Lipinski definition) is 2. The van der Waals surface area contributed by atoms with E-state index in [1.807, 2.05) is 18.2 Å². The molecule has 1 atom stereocenters. The summed E-state index contributed by atoms with van der Waals surface area (Å²) in [4.78, 5) is 2.41. The predicted molar refractivity (Wildman–Crippen MR) is 72.8 cm³/mol. The molecule has 17 heavy (non-hydrogen) atoms. The molecule has 92 valence electrons. The van der Waals surface area contributed by atoms with E-state index in [1.165, 1.54) is 5.56 Å². The summed E-state index contributed by atoms with van der Waals surface area (Å²) in [7, 11) is 0. The molecule has 2 rings (SSSR count). The Morgan fingerprint density at radius 1 is 1.24 bits per heavy atom. The molecule has 1 aliphatic heterocycles. The van der Waals surface area contributed by atoms with Crippen LogP contribution in [-0.2, 0) is 0 Å². The molecule has 3 N–H and O–H groups in total. The van der Waals surface area contributed by atoms with Crippen LogP contribution in [0.15, 0.2) is 36.4 Å². The lowest BCUT2D eigenvalue weighted by molar-refractivity contribution is 0.236. The maximum atomic E-state index is 6.10. The van der Waals surface area contributed by atoms with Crippen molar-refractivity contribution in [2.45, 2.75) is 6.04 Å². The Hall–Kier alpha value is -1.16. The molecular formula is C14H21N3. The third-order valence-corrected chi connectivity index (χ3v) is 3.01. The Balaban J connectivity index is 1.80. The minimum absolute atomic E-state index is 0.119. The quantitative estimate of drug-likeness (QED) is 0.810. The molecule has 0 spiro atoms. The number of hydrogen-bond acceptors (Lipinski definition) is 3. The zero-order chi connectivity index (χ0) is 11.9. The van der Waals surface area contributed by atoms with Gasteiger partial charge >= 0.3 is 0 Å². The van der Waals surface area contributed by atoms with Gasteiger partial charge in [0.15, 0.2) is 0 Å². The SMILES string of the molecule is NC(/C=C/c1ccccc1)CN1CCNCC1. The lowest BCUT2D eigenvalue weighted by atomic mass is 10.1. The summed E-state index contributed by atoms with van der Waals surface area (Å²) in [5.41, 5.74) is 7.31. The number of benzene rings is 1. The first-order valence-corrected chi connectivity index (χ1v) is 6.26. The van der Waals surface area contributed by atoms with E-state index in [0.29, 0.717) is 0 Å². The molecule has 1 aromatic carbocycles. The fourth-order valence-electron chi connectivity index (χ4n) is 2.05. The second-order valence-corrected chi connectivity index (χ2v) is 4.48. The van der Waals surface area contributed by atoms with E-state index < -0.39 is 0 Å². The maximum Gasteiger partial charge on any atom is 0.0356 e. The second-order valence-electron chi connectivity index (χ2n) is 4.48. The van der Waals surface area contributed by atoms with Crippen LogP contribution in [0.4, 0.5) is 0 Å². The summed E-state index contributed by atoms with van der Waals surface area (Å²) < 4.78 is 0. The Morgan fingerprint density at radius 3 is 2.65 bits per heavy atom. The van der Waals surface area contributed by atoms with E-state index in [2.05, 4.69) is 34.5 Å². The third kappa shape index (κ3) is 4.30. The minimum Gasteiger partial charge on any atom is -0.323 e. The first-order valence-electron chi connectivity index (χ1n) is 6.26. The maximum absolute atomic E-state index is 6.10. The van der Waals surface area contributed by atoms with Crippen molar-refractivity contribution in [1.82, 2.24) is 10.2 Å². The molecular weight excluding hydrogens is 210 g/mol. The van der Waals surface area contributed by atoms with Gasteiger partial charge in [0.1, 0.15) is 0 Å². The van der Waals surface area contributed by atoms with Crippen molar-refractivity contribution < 1.29 is 0 Å². The van der Waals surface area contributed by atoms with Crippen molar-refractivity contribution >= 4 is 6.08 Å². The van der Waals surface area contributed by atoms with Crippen molar-refractivity contribution in [3.8, 4) is 0 Å². The van der Waals surface area contributed by atoms with E-state index in [-0.39, 0.29) is 6.04 Å². The van der Waals surface area contributed by atoms with Crippen molar-refractivity contribution in [2.24, 2.45) is 5.73 Å². The van der Waals surface area contributed by atoms with Crippen molar-refractivity contribution in [1.29, 1.82) is 0 Å². The predicted octanol–water partition coefficient (Wildman–Crippen LogP) is 0.932. The van der Waals surface area contributed by atoms with E-state index >= 15 is 0 Å². The lowest BCUT2D eigenvalue weighted by Crippen LogP contribution is -2.47. The van der Waals surface area contributed by atoms with Gasteiger partial charge in [-0.1, -0.05) is 42.5 Å². The molecule has 1 aromatic rings. The van der Waals surface area contributed by atoms with E-state index in [4.69, 9.17) is 5.73 Å². The molecule has 3 nitrogen and oxygen atoms in total. The normalized spacial score (nSPS) is 19.6. The van der Waals surface area contributed by atoms with Gasteiger partial charge in [-0.15, -0.1) is 0 Å². The van der Waals surface area contributed by atoms with Crippen LogP contribution in [0.5, 0.6) is 0 Å². The molecule has 0 radical (unpaired) electrons. The fourth-order valence-corrected chi connectivity index (χ4v) is 2.05. The highest BCUT2D eigenvalue weighted by Gasteiger charge is 2.11. The Kier molecular flexibility index (Phi) is 4.74. The third-order valence-electron chi connectivity index (χ3n) is 3.01. The van der Waals surface area contributed by atoms with Crippen molar-refractivity contribution in [3.05, 3.63) is 42.0 Å². The summed E-state index contributed by atoms with van der Waals surface area (Å²) >= 11 is 0. The molecule has 0 aliphatic carbocycles. The number of nitrogens with one attached hydrogen (secondary N) is 1. The molecule has 1 fully saturated rings. The van der Waals surface area contributed by atoms with Crippen molar-refractivity contribution in [2.75, 3.05) is 32.7 Å². The average molecular weight is 231 g/mol. The molecule has 0 bridgehead atoms. The van der Waals surface area contributed by atoms with Gasteiger partial charge in [0, 0.05) is 38.8 Å². The van der Waals surface area contributed by atoms with Gasteiger partial charge in [0.05, 0.1) is 0 Å². The molecule has 0 aromatic heterocycles. The Morgan fingerprint density at radius 2 is 1.94 bits per heavy atom. The molecule has 0 amide bonds. The molecule has 1 heterocycles. The largest absolute Gasteiger partial charge is 0.323 e. The van der Waals surface area contributed by atoms with E-state index in [0.717, 1.165) is 32.7 Å². The first-order chi connectivity index (χ1) is 8.34. The second kappa shape index (κ2) is 6.55. The standard InChI is InChI=1S/C14H21N3/c15-14(12-17-10-8-16-9-11-17)7-6-13-4-2-1-3-5-13/h1-7,14,16H,8-12,15H2/b7-6+. The van der Waals surface area contributed by atoms with Gasteiger partial charge in [-0.05, 0) is 5.56 Å². The van der Waals surface area contributed by atoms with Crippen LogP contribution in [-0.4, -0.2) is 43.7 Å². The molecule has 1 aliphatic rings. The molecule has 1 saturated heterocycles. The van der Waals surface area contributed by atoms with Gasteiger partial charge in [-0.25, -0.2) is 0 Å². The van der Waals surface area contributed by atoms with Gasteiger partial charge in [0.25, 0.3) is 0 Å². The molecule has 3 heteroatoms. The van der Waals surface area contributed by atoms with Gasteiger partial charge in [-0.3, -0.25) is 4.90 Å². The summed E-state index contributed by atoms with van der Waals surface area (Å²) in [6.07, 6.45) is 4.20. The zero-order valence-corrected chi connectivity index (χ0v) is 10.2. The number of piperazine rings is 1. The van der Waals surface area contributed by atoms with Gasteiger partial charge in [0.2, 0.25) is 0 Å². The minimum atomic E-state index is 0.119. The highest BCUT2D eigenvalue weighted by molar-refractivity contribution is 5.49. The van der Waals surface area contributed by atoms with Gasteiger partial charge in [-0.2, -0.15) is 0 Å². The van der Waals surface area contributed by atoms with Crippen LogP contribution in [0.2, 0.25) is 0 Å². The monoisotopic (exact) mass is 231 g/mol. The summed E-state index contributed by atoms with van der Waals surface area (Å²) in [6.45, 7) is 5.31.